The highest BCUT2D eigenvalue weighted by molar-refractivity contribution is 5.85. The molecule has 1 saturated carbocycles. The van der Waals surface area contributed by atoms with Gasteiger partial charge in [0.1, 0.15) is 0 Å². The van der Waals surface area contributed by atoms with Crippen LogP contribution in [0.1, 0.15) is 63.1 Å². The number of hydrogen-bond acceptors (Lipinski definition) is 0. The van der Waals surface area contributed by atoms with Crippen molar-refractivity contribution in [2.75, 3.05) is 0 Å². The SMILES string of the molecule is CC(C)(C)c1ccc2cc3c(cc2c1)CCCC31CC2C=CC1C2. The minimum absolute atomic E-state index is 0.223. The molecule has 2 aromatic carbocycles. The normalized spacial score (nSPS) is 31.1. The van der Waals surface area contributed by atoms with Gasteiger partial charge in [0, 0.05) is 5.41 Å². The minimum Gasteiger partial charge on any atom is -0.0851 e. The highest BCUT2D eigenvalue weighted by Gasteiger charge is 2.50. The average Bonchev–Trinajstić information content (AvgIpc) is 3.14. The fraction of sp³-hybridized carbons (Fsp3) is 0.500. The van der Waals surface area contributed by atoms with Crippen molar-refractivity contribution in [3.63, 3.8) is 0 Å². The summed E-state index contributed by atoms with van der Waals surface area (Å²) < 4.78 is 0. The number of benzene rings is 2. The van der Waals surface area contributed by atoms with Crippen LogP contribution in [0.2, 0.25) is 0 Å². The summed E-state index contributed by atoms with van der Waals surface area (Å²) in [5.74, 6) is 1.65. The number of hydrogen-bond donors (Lipinski definition) is 0. The first-order valence-electron chi connectivity index (χ1n) is 9.72. The molecule has 0 heterocycles. The fourth-order valence-electron chi connectivity index (χ4n) is 5.76. The topological polar surface area (TPSA) is 0 Å². The molecule has 1 fully saturated rings. The van der Waals surface area contributed by atoms with Gasteiger partial charge in [-0.05, 0) is 76.8 Å². The number of rotatable bonds is 0. The average molecular weight is 316 g/mol. The van der Waals surface area contributed by atoms with Gasteiger partial charge in [0.25, 0.3) is 0 Å². The molecule has 124 valence electrons. The molecule has 3 atom stereocenters. The maximum atomic E-state index is 2.56. The van der Waals surface area contributed by atoms with E-state index in [0.717, 1.165) is 11.8 Å². The zero-order valence-electron chi connectivity index (χ0n) is 15.2. The predicted molar refractivity (Wildman–Crippen MR) is 103 cm³/mol. The van der Waals surface area contributed by atoms with Crippen molar-refractivity contribution < 1.29 is 0 Å². The van der Waals surface area contributed by atoms with E-state index in [2.05, 4.69) is 63.3 Å². The Morgan fingerprint density at radius 1 is 1.00 bits per heavy atom. The first kappa shape index (κ1) is 14.8. The van der Waals surface area contributed by atoms with Gasteiger partial charge >= 0.3 is 0 Å². The van der Waals surface area contributed by atoms with E-state index in [1.54, 1.807) is 11.1 Å². The lowest BCUT2D eigenvalue weighted by atomic mass is 9.62. The summed E-state index contributed by atoms with van der Waals surface area (Å²) in [5, 5.41) is 2.88. The maximum absolute atomic E-state index is 2.56. The molecule has 3 unspecified atom stereocenters. The molecule has 0 nitrogen and oxygen atoms in total. The molecule has 0 aromatic heterocycles. The van der Waals surface area contributed by atoms with E-state index in [-0.39, 0.29) is 5.41 Å². The van der Waals surface area contributed by atoms with Crippen molar-refractivity contribution in [2.45, 2.75) is 63.7 Å². The second kappa shape index (κ2) is 4.75. The second-order valence-corrected chi connectivity index (χ2v) is 9.52. The Balaban J connectivity index is 1.68. The largest absolute Gasteiger partial charge is 0.0851 e. The summed E-state index contributed by atoms with van der Waals surface area (Å²) in [6.07, 6.45) is 11.9. The first-order valence-corrected chi connectivity index (χ1v) is 9.72. The highest BCUT2D eigenvalue weighted by Crippen LogP contribution is 2.58. The Bertz CT molecular complexity index is 848. The Morgan fingerprint density at radius 2 is 1.88 bits per heavy atom. The zero-order valence-corrected chi connectivity index (χ0v) is 15.2. The van der Waals surface area contributed by atoms with Gasteiger partial charge in [-0.3, -0.25) is 0 Å². The van der Waals surface area contributed by atoms with Crippen LogP contribution in [0.25, 0.3) is 10.8 Å². The van der Waals surface area contributed by atoms with E-state index in [1.165, 1.54) is 48.4 Å². The van der Waals surface area contributed by atoms with Crippen LogP contribution in [-0.2, 0) is 17.3 Å². The molecule has 24 heavy (non-hydrogen) atoms. The zero-order chi connectivity index (χ0) is 16.5. The fourth-order valence-corrected chi connectivity index (χ4v) is 5.76. The summed E-state index contributed by atoms with van der Waals surface area (Å²) >= 11 is 0. The molecule has 1 spiro atoms. The van der Waals surface area contributed by atoms with Gasteiger partial charge in [-0.2, -0.15) is 0 Å². The van der Waals surface area contributed by atoms with Crippen molar-refractivity contribution >= 4 is 10.8 Å². The standard InChI is InChI=1S/C24H28/c1-23(2,3)20-9-7-17-14-22-18(12-19(17)13-20)5-4-10-24(22)15-16-6-8-21(24)11-16/h6-9,12-14,16,21H,4-5,10-11,15H2,1-3H3. The van der Waals surface area contributed by atoms with Crippen LogP contribution in [0.5, 0.6) is 0 Å². The number of allylic oxidation sites excluding steroid dienone is 2. The Kier molecular flexibility index (Phi) is 2.92. The van der Waals surface area contributed by atoms with E-state index in [0.29, 0.717) is 5.41 Å². The van der Waals surface area contributed by atoms with Crippen molar-refractivity contribution in [3.8, 4) is 0 Å². The first-order chi connectivity index (χ1) is 11.5. The van der Waals surface area contributed by atoms with Gasteiger partial charge in [-0.1, -0.05) is 63.3 Å². The van der Waals surface area contributed by atoms with Crippen molar-refractivity contribution in [1.82, 2.24) is 0 Å². The van der Waals surface area contributed by atoms with Gasteiger partial charge in [-0.15, -0.1) is 0 Å². The molecular formula is C24H28. The lowest BCUT2D eigenvalue weighted by Gasteiger charge is -2.41. The molecule has 2 aromatic rings. The lowest BCUT2D eigenvalue weighted by Crippen LogP contribution is -2.35. The Labute approximate surface area is 146 Å². The maximum Gasteiger partial charge on any atom is 0.00246 e. The molecule has 3 aliphatic rings. The quantitative estimate of drug-likeness (QED) is 0.500. The molecule has 5 rings (SSSR count). The smallest absolute Gasteiger partial charge is 0.00246 e. The molecule has 0 radical (unpaired) electrons. The summed E-state index contributed by atoms with van der Waals surface area (Å²) in [4.78, 5) is 0. The van der Waals surface area contributed by atoms with E-state index < -0.39 is 0 Å². The third-order valence-electron chi connectivity index (χ3n) is 7.04. The minimum atomic E-state index is 0.223. The van der Waals surface area contributed by atoms with Crippen LogP contribution < -0.4 is 0 Å². The van der Waals surface area contributed by atoms with Crippen LogP contribution in [0, 0.1) is 11.8 Å². The van der Waals surface area contributed by atoms with E-state index in [1.807, 2.05) is 0 Å². The van der Waals surface area contributed by atoms with Gasteiger partial charge in [0.2, 0.25) is 0 Å². The van der Waals surface area contributed by atoms with Crippen LogP contribution in [-0.4, -0.2) is 0 Å². The van der Waals surface area contributed by atoms with Crippen molar-refractivity contribution in [1.29, 1.82) is 0 Å². The summed E-state index contributed by atoms with van der Waals surface area (Å²) in [5.41, 5.74) is 5.47. The summed E-state index contributed by atoms with van der Waals surface area (Å²) in [7, 11) is 0. The number of aryl methyl sites for hydroxylation is 1. The Hall–Kier alpha value is -1.56. The van der Waals surface area contributed by atoms with E-state index >= 15 is 0 Å². The van der Waals surface area contributed by atoms with E-state index in [4.69, 9.17) is 0 Å². The molecule has 3 aliphatic carbocycles. The molecule has 0 N–H and O–H groups in total. The Morgan fingerprint density at radius 3 is 2.58 bits per heavy atom. The van der Waals surface area contributed by atoms with Gasteiger partial charge < -0.3 is 0 Å². The summed E-state index contributed by atoms with van der Waals surface area (Å²) in [6, 6.07) is 12.2. The van der Waals surface area contributed by atoms with Gasteiger partial charge in [0.15, 0.2) is 0 Å². The molecule has 0 saturated heterocycles. The molecule has 0 aliphatic heterocycles. The molecule has 0 heteroatoms. The van der Waals surface area contributed by atoms with E-state index in [9.17, 15) is 0 Å². The molecule has 2 bridgehead atoms. The van der Waals surface area contributed by atoms with Gasteiger partial charge in [-0.25, -0.2) is 0 Å². The molecule has 0 amide bonds. The summed E-state index contributed by atoms with van der Waals surface area (Å²) in [6.45, 7) is 6.93. The third-order valence-corrected chi connectivity index (χ3v) is 7.04. The second-order valence-electron chi connectivity index (χ2n) is 9.52. The van der Waals surface area contributed by atoms with Crippen LogP contribution in [0.3, 0.4) is 0 Å². The van der Waals surface area contributed by atoms with Crippen LogP contribution in [0.15, 0.2) is 42.5 Å². The third kappa shape index (κ3) is 1.98. The van der Waals surface area contributed by atoms with Crippen LogP contribution >= 0.6 is 0 Å². The molecular weight excluding hydrogens is 288 g/mol. The van der Waals surface area contributed by atoms with Crippen molar-refractivity contribution in [3.05, 3.63) is 59.2 Å². The van der Waals surface area contributed by atoms with Crippen LogP contribution in [0.4, 0.5) is 0 Å². The van der Waals surface area contributed by atoms with Crippen molar-refractivity contribution in [2.24, 2.45) is 11.8 Å². The lowest BCUT2D eigenvalue weighted by molar-refractivity contribution is 0.304. The highest BCUT2D eigenvalue weighted by atomic mass is 14.5. The monoisotopic (exact) mass is 316 g/mol. The predicted octanol–water partition coefficient (Wildman–Crippen LogP) is 6.31. The van der Waals surface area contributed by atoms with Gasteiger partial charge in [0.05, 0.1) is 0 Å². The number of fused-ring (bicyclic) bond motifs is 6.